The third-order valence-electron chi connectivity index (χ3n) is 3.52. The van der Waals surface area contributed by atoms with E-state index < -0.39 is 0 Å². The van der Waals surface area contributed by atoms with Gasteiger partial charge in [0.1, 0.15) is 18.1 Å². The molecule has 1 aliphatic heterocycles. The Bertz CT molecular complexity index is 712. The molecule has 0 bridgehead atoms. The first-order chi connectivity index (χ1) is 10.2. The molecule has 0 N–H and O–H groups in total. The van der Waals surface area contributed by atoms with E-state index in [0.29, 0.717) is 29.2 Å². The second-order valence-corrected chi connectivity index (χ2v) is 5.06. The Hall–Kier alpha value is -2.55. The van der Waals surface area contributed by atoms with Crippen LogP contribution in [0.2, 0.25) is 0 Å². The fraction of sp³-hybridized carbons (Fsp3) is 0.167. The number of aryl methyl sites for hydroxylation is 1. The summed E-state index contributed by atoms with van der Waals surface area (Å²) in [5.74, 6) is 1.26. The van der Waals surface area contributed by atoms with Crippen LogP contribution >= 0.6 is 0 Å². The van der Waals surface area contributed by atoms with Crippen LogP contribution in [-0.4, -0.2) is 19.5 Å². The van der Waals surface area contributed by atoms with E-state index in [1.165, 1.54) is 5.56 Å². The number of fused-ring (bicyclic) bond motifs is 1. The van der Waals surface area contributed by atoms with Crippen molar-refractivity contribution >= 4 is 11.9 Å². The first kappa shape index (κ1) is 13.4. The SMILES string of the molecule is COc1ccc2c(c1)C(=O)/C(=C/c1ccc(C)cc1)CO2. The van der Waals surface area contributed by atoms with E-state index in [4.69, 9.17) is 9.47 Å². The molecule has 0 saturated carbocycles. The third kappa shape index (κ3) is 2.68. The summed E-state index contributed by atoms with van der Waals surface area (Å²) in [6.07, 6.45) is 1.88. The fourth-order valence-corrected chi connectivity index (χ4v) is 2.30. The van der Waals surface area contributed by atoms with Crippen molar-refractivity contribution in [3.8, 4) is 11.5 Å². The number of carbonyl (C=O) groups is 1. The number of ether oxygens (including phenoxy) is 2. The maximum Gasteiger partial charge on any atom is 0.196 e. The third-order valence-corrected chi connectivity index (χ3v) is 3.52. The standard InChI is InChI=1S/C18H16O3/c1-12-3-5-13(6-4-12)9-14-11-21-17-8-7-15(20-2)10-16(17)18(14)19/h3-10H,11H2,1-2H3/b14-9+. The first-order valence-corrected chi connectivity index (χ1v) is 6.80. The minimum absolute atomic E-state index is 0.00396. The van der Waals surface area contributed by atoms with E-state index >= 15 is 0 Å². The second-order valence-electron chi connectivity index (χ2n) is 5.06. The van der Waals surface area contributed by atoms with Gasteiger partial charge in [0.2, 0.25) is 0 Å². The highest BCUT2D eigenvalue weighted by molar-refractivity contribution is 6.14. The zero-order valence-electron chi connectivity index (χ0n) is 12.1. The van der Waals surface area contributed by atoms with E-state index in [1.54, 1.807) is 25.3 Å². The molecule has 0 aliphatic carbocycles. The van der Waals surface area contributed by atoms with E-state index in [0.717, 1.165) is 5.56 Å². The molecule has 0 fully saturated rings. The van der Waals surface area contributed by atoms with Gasteiger partial charge < -0.3 is 9.47 Å². The van der Waals surface area contributed by atoms with Crippen LogP contribution in [0.15, 0.2) is 48.0 Å². The predicted octanol–water partition coefficient (Wildman–Crippen LogP) is 3.66. The molecule has 0 radical (unpaired) electrons. The molecule has 0 spiro atoms. The number of carbonyl (C=O) groups excluding carboxylic acids is 1. The van der Waals surface area contributed by atoms with Gasteiger partial charge in [0.15, 0.2) is 5.78 Å². The Balaban J connectivity index is 1.96. The van der Waals surface area contributed by atoms with Gasteiger partial charge in [-0.2, -0.15) is 0 Å². The molecule has 1 heterocycles. The van der Waals surface area contributed by atoms with Crippen LogP contribution in [-0.2, 0) is 0 Å². The average Bonchev–Trinajstić information content (AvgIpc) is 2.52. The van der Waals surface area contributed by atoms with E-state index in [-0.39, 0.29) is 5.78 Å². The van der Waals surface area contributed by atoms with Gasteiger partial charge in [-0.05, 0) is 36.8 Å². The van der Waals surface area contributed by atoms with Crippen molar-refractivity contribution in [2.45, 2.75) is 6.92 Å². The minimum Gasteiger partial charge on any atom is -0.497 e. The van der Waals surface area contributed by atoms with Gasteiger partial charge in [-0.1, -0.05) is 29.8 Å². The smallest absolute Gasteiger partial charge is 0.196 e. The van der Waals surface area contributed by atoms with Crippen molar-refractivity contribution in [3.05, 3.63) is 64.7 Å². The molecule has 2 aromatic carbocycles. The van der Waals surface area contributed by atoms with E-state index in [1.807, 2.05) is 37.3 Å². The van der Waals surface area contributed by atoms with Gasteiger partial charge in [0, 0.05) is 5.57 Å². The first-order valence-electron chi connectivity index (χ1n) is 6.80. The molecule has 0 unspecified atom stereocenters. The summed E-state index contributed by atoms with van der Waals surface area (Å²) >= 11 is 0. The summed E-state index contributed by atoms with van der Waals surface area (Å²) in [6.45, 7) is 2.33. The Morgan fingerprint density at radius 1 is 1.14 bits per heavy atom. The second kappa shape index (κ2) is 5.44. The van der Waals surface area contributed by atoms with Crippen LogP contribution in [0, 0.1) is 6.92 Å². The zero-order chi connectivity index (χ0) is 14.8. The number of benzene rings is 2. The van der Waals surface area contributed by atoms with Crippen molar-refractivity contribution in [1.29, 1.82) is 0 Å². The zero-order valence-corrected chi connectivity index (χ0v) is 12.1. The fourth-order valence-electron chi connectivity index (χ4n) is 2.30. The van der Waals surface area contributed by atoms with Gasteiger partial charge in [0.05, 0.1) is 12.7 Å². The van der Waals surface area contributed by atoms with Crippen LogP contribution in [0.4, 0.5) is 0 Å². The highest BCUT2D eigenvalue weighted by Gasteiger charge is 2.23. The highest BCUT2D eigenvalue weighted by atomic mass is 16.5. The van der Waals surface area contributed by atoms with Crippen molar-refractivity contribution < 1.29 is 14.3 Å². The maximum atomic E-state index is 12.6. The number of hydrogen-bond acceptors (Lipinski definition) is 3. The number of rotatable bonds is 2. The van der Waals surface area contributed by atoms with Gasteiger partial charge >= 0.3 is 0 Å². The Labute approximate surface area is 123 Å². The van der Waals surface area contributed by atoms with E-state index in [2.05, 4.69) is 0 Å². The molecule has 3 rings (SSSR count). The van der Waals surface area contributed by atoms with Crippen molar-refractivity contribution in [1.82, 2.24) is 0 Å². The lowest BCUT2D eigenvalue weighted by Gasteiger charge is -2.19. The minimum atomic E-state index is -0.00396. The molecular formula is C18H16O3. The van der Waals surface area contributed by atoms with Gasteiger partial charge in [-0.25, -0.2) is 0 Å². The Morgan fingerprint density at radius 2 is 1.90 bits per heavy atom. The van der Waals surface area contributed by atoms with Crippen LogP contribution in [0.1, 0.15) is 21.5 Å². The van der Waals surface area contributed by atoms with Gasteiger partial charge in [-0.3, -0.25) is 4.79 Å². The van der Waals surface area contributed by atoms with Gasteiger partial charge in [-0.15, -0.1) is 0 Å². The Morgan fingerprint density at radius 3 is 2.62 bits per heavy atom. The summed E-state index contributed by atoms with van der Waals surface area (Å²) in [7, 11) is 1.58. The van der Waals surface area contributed by atoms with Crippen molar-refractivity contribution in [2.75, 3.05) is 13.7 Å². The number of Topliss-reactive ketones (excluding diaryl/α,β-unsaturated/α-hetero) is 1. The number of ketones is 1. The lowest BCUT2D eigenvalue weighted by molar-refractivity contribution is 0.100. The number of methoxy groups -OCH3 is 1. The molecule has 1 aliphatic rings. The molecule has 106 valence electrons. The normalized spacial score (nSPS) is 15.5. The molecule has 3 heteroatoms. The summed E-state index contributed by atoms with van der Waals surface area (Å²) in [5.41, 5.74) is 3.40. The average molecular weight is 280 g/mol. The molecule has 0 saturated heterocycles. The molecule has 0 atom stereocenters. The molecule has 2 aromatic rings. The van der Waals surface area contributed by atoms with Crippen molar-refractivity contribution in [3.63, 3.8) is 0 Å². The lowest BCUT2D eigenvalue weighted by Crippen LogP contribution is -2.19. The number of hydrogen-bond donors (Lipinski definition) is 0. The largest absolute Gasteiger partial charge is 0.497 e. The monoisotopic (exact) mass is 280 g/mol. The summed E-state index contributed by atoms with van der Waals surface area (Å²) in [6, 6.07) is 13.3. The maximum absolute atomic E-state index is 12.6. The molecular weight excluding hydrogens is 264 g/mol. The van der Waals surface area contributed by atoms with Gasteiger partial charge in [0.25, 0.3) is 0 Å². The van der Waals surface area contributed by atoms with Crippen LogP contribution in [0.5, 0.6) is 11.5 Å². The van der Waals surface area contributed by atoms with Crippen LogP contribution < -0.4 is 9.47 Å². The topological polar surface area (TPSA) is 35.5 Å². The summed E-state index contributed by atoms with van der Waals surface area (Å²) in [4.78, 5) is 12.6. The van der Waals surface area contributed by atoms with Crippen LogP contribution in [0.25, 0.3) is 6.08 Å². The van der Waals surface area contributed by atoms with E-state index in [9.17, 15) is 4.79 Å². The highest BCUT2D eigenvalue weighted by Crippen LogP contribution is 2.31. The molecule has 21 heavy (non-hydrogen) atoms. The van der Waals surface area contributed by atoms with Crippen LogP contribution in [0.3, 0.4) is 0 Å². The quantitative estimate of drug-likeness (QED) is 0.787. The Kier molecular flexibility index (Phi) is 3.48. The predicted molar refractivity (Wildman–Crippen MR) is 82.0 cm³/mol. The molecule has 3 nitrogen and oxygen atoms in total. The molecule has 0 aromatic heterocycles. The summed E-state index contributed by atoms with van der Waals surface area (Å²) < 4.78 is 10.8. The molecule has 0 amide bonds. The summed E-state index contributed by atoms with van der Waals surface area (Å²) in [5, 5.41) is 0. The van der Waals surface area contributed by atoms with Crippen molar-refractivity contribution in [2.24, 2.45) is 0 Å². The lowest BCUT2D eigenvalue weighted by atomic mass is 9.98.